The predicted octanol–water partition coefficient (Wildman–Crippen LogP) is 2.63. The van der Waals surface area contributed by atoms with E-state index in [-0.39, 0.29) is 5.82 Å². The summed E-state index contributed by atoms with van der Waals surface area (Å²) in [4.78, 5) is 2.15. The molecule has 1 aromatic carbocycles. The van der Waals surface area contributed by atoms with Crippen molar-refractivity contribution in [2.75, 3.05) is 13.6 Å². The molecule has 17 heavy (non-hydrogen) atoms. The molecular weight excluding hydrogens is 215 g/mol. The quantitative estimate of drug-likeness (QED) is 0.825. The third-order valence-electron chi connectivity index (χ3n) is 3.49. The highest BCUT2D eigenvalue weighted by molar-refractivity contribution is 5.17. The van der Waals surface area contributed by atoms with Gasteiger partial charge in [-0.3, -0.25) is 4.90 Å². The van der Waals surface area contributed by atoms with Crippen molar-refractivity contribution < 1.29 is 4.39 Å². The molecule has 0 heterocycles. The average Bonchev–Trinajstić information content (AvgIpc) is 2.32. The summed E-state index contributed by atoms with van der Waals surface area (Å²) < 4.78 is 13.5. The fourth-order valence-electron chi connectivity index (χ4n) is 2.13. The van der Waals surface area contributed by atoms with Gasteiger partial charge >= 0.3 is 0 Å². The van der Waals surface area contributed by atoms with Crippen LogP contribution in [0.25, 0.3) is 0 Å². The SMILES string of the molecule is CCC(C)C(CN)N(C)Cc1ccccc1F. The third kappa shape index (κ3) is 3.79. The standard InChI is InChI=1S/C14H23FN2/c1-4-11(2)14(9-16)17(3)10-12-7-5-6-8-13(12)15/h5-8,11,14H,4,9-10,16H2,1-3H3. The Kier molecular flexibility index (Phi) is 5.59. The minimum absolute atomic E-state index is 0.140. The van der Waals surface area contributed by atoms with Crippen molar-refractivity contribution in [2.45, 2.75) is 32.9 Å². The summed E-state index contributed by atoms with van der Waals surface area (Å²) in [5, 5.41) is 0. The zero-order valence-electron chi connectivity index (χ0n) is 11.0. The van der Waals surface area contributed by atoms with Gasteiger partial charge < -0.3 is 5.73 Å². The lowest BCUT2D eigenvalue weighted by Gasteiger charge is -2.31. The largest absolute Gasteiger partial charge is 0.329 e. The van der Waals surface area contributed by atoms with Crippen LogP contribution >= 0.6 is 0 Å². The molecule has 0 bridgehead atoms. The predicted molar refractivity (Wildman–Crippen MR) is 70.2 cm³/mol. The molecule has 0 spiro atoms. The van der Waals surface area contributed by atoms with Gasteiger partial charge in [-0.1, -0.05) is 38.5 Å². The first-order chi connectivity index (χ1) is 8.10. The fourth-order valence-corrected chi connectivity index (χ4v) is 2.13. The van der Waals surface area contributed by atoms with E-state index in [1.807, 2.05) is 19.2 Å². The van der Waals surface area contributed by atoms with Crippen molar-refractivity contribution in [1.29, 1.82) is 0 Å². The normalized spacial score (nSPS) is 14.9. The maximum Gasteiger partial charge on any atom is 0.127 e. The maximum absolute atomic E-state index is 13.5. The fraction of sp³-hybridized carbons (Fsp3) is 0.571. The first-order valence-corrected chi connectivity index (χ1v) is 6.23. The van der Waals surface area contributed by atoms with Crippen molar-refractivity contribution in [3.63, 3.8) is 0 Å². The average molecular weight is 238 g/mol. The van der Waals surface area contributed by atoms with Gasteiger partial charge in [0.15, 0.2) is 0 Å². The van der Waals surface area contributed by atoms with Crippen LogP contribution in [0.15, 0.2) is 24.3 Å². The molecule has 0 aliphatic rings. The number of hydrogen-bond donors (Lipinski definition) is 1. The first-order valence-electron chi connectivity index (χ1n) is 6.23. The van der Waals surface area contributed by atoms with E-state index in [1.165, 1.54) is 6.07 Å². The van der Waals surface area contributed by atoms with Crippen molar-refractivity contribution in [2.24, 2.45) is 11.7 Å². The van der Waals surface area contributed by atoms with E-state index in [0.29, 0.717) is 25.0 Å². The number of halogens is 1. The Hall–Kier alpha value is -0.930. The summed E-state index contributed by atoms with van der Waals surface area (Å²) in [5.74, 6) is 0.385. The Morgan fingerprint density at radius 3 is 2.53 bits per heavy atom. The minimum atomic E-state index is -0.140. The molecular formula is C14H23FN2. The summed E-state index contributed by atoms with van der Waals surface area (Å²) >= 11 is 0. The molecule has 0 fully saturated rings. The van der Waals surface area contributed by atoms with E-state index in [9.17, 15) is 4.39 Å². The Bertz CT molecular complexity index is 341. The molecule has 0 saturated carbocycles. The topological polar surface area (TPSA) is 29.3 Å². The van der Waals surface area contributed by atoms with Gasteiger partial charge in [-0.25, -0.2) is 4.39 Å². The molecule has 96 valence electrons. The Morgan fingerprint density at radius 2 is 2.00 bits per heavy atom. The minimum Gasteiger partial charge on any atom is -0.329 e. The molecule has 1 rings (SSSR count). The third-order valence-corrected chi connectivity index (χ3v) is 3.49. The summed E-state index contributed by atoms with van der Waals surface area (Å²) in [6.45, 7) is 5.57. The molecule has 2 nitrogen and oxygen atoms in total. The van der Waals surface area contributed by atoms with E-state index in [1.54, 1.807) is 6.07 Å². The lowest BCUT2D eigenvalue weighted by atomic mass is 9.97. The Morgan fingerprint density at radius 1 is 1.35 bits per heavy atom. The summed E-state index contributed by atoms with van der Waals surface area (Å²) in [6.07, 6.45) is 1.09. The maximum atomic E-state index is 13.5. The van der Waals surface area contributed by atoms with Crippen molar-refractivity contribution in [1.82, 2.24) is 4.90 Å². The second-order valence-corrected chi connectivity index (χ2v) is 4.70. The zero-order valence-corrected chi connectivity index (χ0v) is 11.0. The number of hydrogen-bond acceptors (Lipinski definition) is 2. The van der Waals surface area contributed by atoms with Gasteiger partial charge in [0, 0.05) is 24.7 Å². The van der Waals surface area contributed by atoms with Gasteiger partial charge in [-0.2, -0.15) is 0 Å². The van der Waals surface area contributed by atoms with Gasteiger partial charge in [-0.15, -0.1) is 0 Å². The van der Waals surface area contributed by atoms with Crippen LogP contribution < -0.4 is 5.73 Å². The highest BCUT2D eigenvalue weighted by Crippen LogP contribution is 2.16. The molecule has 2 unspecified atom stereocenters. The number of rotatable bonds is 6. The highest BCUT2D eigenvalue weighted by Gasteiger charge is 2.19. The molecule has 0 aliphatic heterocycles. The monoisotopic (exact) mass is 238 g/mol. The van der Waals surface area contributed by atoms with E-state index >= 15 is 0 Å². The van der Waals surface area contributed by atoms with Crippen molar-refractivity contribution in [3.8, 4) is 0 Å². The summed E-state index contributed by atoms with van der Waals surface area (Å²) in [7, 11) is 2.01. The van der Waals surface area contributed by atoms with Crippen LogP contribution in [0.1, 0.15) is 25.8 Å². The van der Waals surface area contributed by atoms with E-state index < -0.39 is 0 Å². The smallest absolute Gasteiger partial charge is 0.127 e. The van der Waals surface area contributed by atoms with Crippen LogP contribution in [0, 0.1) is 11.7 Å². The number of nitrogens with zero attached hydrogens (tertiary/aromatic N) is 1. The van der Waals surface area contributed by atoms with Gasteiger partial charge in [0.05, 0.1) is 0 Å². The van der Waals surface area contributed by atoms with Crippen molar-refractivity contribution >= 4 is 0 Å². The van der Waals surface area contributed by atoms with Crippen LogP contribution in [0.5, 0.6) is 0 Å². The van der Waals surface area contributed by atoms with Crippen molar-refractivity contribution in [3.05, 3.63) is 35.6 Å². The second kappa shape index (κ2) is 6.72. The lowest BCUT2D eigenvalue weighted by molar-refractivity contribution is 0.176. The van der Waals surface area contributed by atoms with Gasteiger partial charge in [0.1, 0.15) is 5.82 Å². The van der Waals surface area contributed by atoms with Crippen LogP contribution in [-0.4, -0.2) is 24.5 Å². The lowest BCUT2D eigenvalue weighted by Crippen LogP contribution is -2.42. The number of likely N-dealkylation sites (N-methyl/N-ethyl adjacent to an activating group) is 1. The van der Waals surface area contributed by atoms with Gasteiger partial charge in [-0.05, 0) is 19.0 Å². The van der Waals surface area contributed by atoms with Crippen LogP contribution in [0.3, 0.4) is 0 Å². The number of nitrogens with two attached hydrogens (primary N) is 1. The molecule has 2 N–H and O–H groups in total. The summed E-state index contributed by atoms with van der Waals surface area (Å²) in [5.41, 5.74) is 6.54. The molecule has 3 heteroatoms. The molecule has 0 aromatic heterocycles. The zero-order chi connectivity index (χ0) is 12.8. The van der Waals surface area contributed by atoms with E-state index in [4.69, 9.17) is 5.73 Å². The van der Waals surface area contributed by atoms with Gasteiger partial charge in [0.25, 0.3) is 0 Å². The second-order valence-electron chi connectivity index (χ2n) is 4.70. The molecule has 0 amide bonds. The Balaban J connectivity index is 2.70. The highest BCUT2D eigenvalue weighted by atomic mass is 19.1. The van der Waals surface area contributed by atoms with Crippen LogP contribution in [0.2, 0.25) is 0 Å². The number of benzene rings is 1. The van der Waals surface area contributed by atoms with Gasteiger partial charge in [0.2, 0.25) is 0 Å². The molecule has 0 aliphatic carbocycles. The van der Waals surface area contributed by atoms with Crippen LogP contribution in [-0.2, 0) is 6.54 Å². The van der Waals surface area contributed by atoms with E-state index in [0.717, 1.165) is 12.0 Å². The Labute approximate surface area is 104 Å². The molecule has 0 saturated heterocycles. The molecule has 2 atom stereocenters. The summed E-state index contributed by atoms with van der Waals surface area (Å²) in [6, 6.07) is 7.22. The van der Waals surface area contributed by atoms with Crippen LogP contribution in [0.4, 0.5) is 4.39 Å². The molecule has 0 radical (unpaired) electrons. The molecule has 1 aromatic rings. The first kappa shape index (κ1) is 14.1. The van der Waals surface area contributed by atoms with E-state index in [2.05, 4.69) is 18.7 Å².